The summed E-state index contributed by atoms with van der Waals surface area (Å²) in [6, 6.07) is 17.6. The van der Waals surface area contributed by atoms with Crippen LogP contribution in [0.1, 0.15) is 10.5 Å². The third kappa shape index (κ3) is 3.96. The average molecular weight is 406 g/mol. The van der Waals surface area contributed by atoms with E-state index in [1.807, 2.05) is 54.4 Å². The Balaban J connectivity index is 1.43. The Morgan fingerprint density at radius 1 is 0.867 bits per heavy atom. The van der Waals surface area contributed by atoms with Crippen molar-refractivity contribution in [3.05, 3.63) is 60.3 Å². The molecule has 0 saturated carbocycles. The van der Waals surface area contributed by atoms with E-state index in [2.05, 4.69) is 22.1 Å². The summed E-state index contributed by atoms with van der Waals surface area (Å²) in [5.41, 5.74) is 3.47. The normalized spacial score (nSPS) is 14.0. The van der Waals surface area contributed by atoms with E-state index in [9.17, 15) is 4.79 Å². The number of ether oxygens (including phenoxy) is 2. The molecule has 1 aliphatic rings. The van der Waals surface area contributed by atoms with Gasteiger partial charge in [-0.3, -0.25) is 9.48 Å². The minimum absolute atomic E-state index is 0.0131. The molecule has 1 saturated heterocycles. The number of aromatic nitrogens is 2. The SMILES string of the molecule is COc1ccc(-c2cc(C(=O)N3CCN(c4ccc(OC)cc4)CC3)n(C)n2)cc1. The number of hydrogen-bond donors (Lipinski definition) is 0. The molecule has 30 heavy (non-hydrogen) atoms. The fourth-order valence-corrected chi connectivity index (χ4v) is 3.69. The van der Waals surface area contributed by atoms with Gasteiger partial charge >= 0.3 is 0 Å². The van der Waals surface area contributed by atoms with E-state index in [1.165, 1.54) is 0 Å². The number of amides is 1. The van der Waals surface area contributed by atoms with Gasteiger partial charge in [0.15, 0.2) is 0 Å². The molecule has 7 heteroatoms. The first-order valence-corrected chi connectivity index (χ1v) is 9.96. The average Bonchev–Trinajstić information content (AvgIpc) is 3.20. The number of carbonyl (C=O) groups excluding carboxylic acids is 1. The van der Waals surface area contributed by atoms with Crippen LogP contribution in [0.5, 0.6) is 11.5 Å². The number of methoxy groups -OCH3 is 2. The van der Waals surface area contributed by atoms with E-state index in [0.29, 0.717) is 18.8 Å². The van der Waals surface area contributed by atoms with E-state index < -0.39 is 0 Å². The minimum atomic E-state index is 0.0131. The van der Waals surface area contributed by atoms with E-state index in [4.69, 9.17) is 9.47 Å². The van der Waals surface area contributed by atoms with Crippen LogP contribution in [0.15, 0.2) is 54.6 Å². The molecule has 1 aromatic heterocycles. The summed E-state index contributed by atoms with van der Waals surface area (Å²) in [5, 5.41) is 4.54. The van der Waals surface area contributed by atoms with E-state index >= 15 is 0 Å². The van der Waals surface area contributed by atoms with Crippen molar-refractivity contribution < 1.29 is 14.3 Å². The van der Waals surface area contributed by atoms with Gasteiger partial charge < -0.3 is 19.3 Å². The lowest BCUT2D eigenvalue weighted by atomic mass is 10.1. The molecular formula is C23H26N4O3. The maximum absolute atomic E-state index is 13.1. The zero-order valence-corrected chi connectivity index (χ0v) is 17.5. The molecule has 0 atom stereocenters. The molecule has 4 rings (SSSR count). The van der Waals surface area contributed by atoms with Crippen LogP contribution in [-0.4, -0.2) is 61.0 Å². The Morgan fingerprint density at radius 3 is 2.00 bits per heavy atom. The predicted octanol–water partition coefficient (Wildman–Crippen LogP) is 3.07. The van der Waals surface area contributed by atoms with Gasteiger partial charge in [0.2, 0.25) is 0 Å². The monoisotopic (exact) mass is 406 g/mol. The zero-order valence-electron chi connectivity index (χ0n) is 17.5. The van der Waals surface area contributed by atoms with Crippen molar-refractivity contribution in [1.29, 1.82) is 0 Å². The van der Waals surface area contributed by atoms with Crippen LogP contribution >= 0.6 is 0 Å². The second kappa shape index (κ2) is 8.49. The summed E-state index contributed by atoms with van der Waals surface area (Å²) in [5.74, 6) is 1.65. The van der Waals surface area contributed by atoms with Gasteiger partial charge in [-0.15, -0.1) is 0 Å². The van der Waals surface area contributed by atoms with Crippen LogP contribution in [-0.2, 0) is 7.05 Å². The molecule has 1 fully saturated rings. The summed E-state index contributed by atoms with van der Waals surface area (Å²) >= 11 is 0. The topological polar surface area (TPSA) is 59.8 Å². The lowest BCUT2D eigenvalue weighted by molar-refractivity contribution is 0.0735. The molecule has 0 spiro atoms. The summed E-state index contributed by atoms with van der Waals surface area (Å²) in [7, 11) is 5.12. The number of carbonyl (C=O) groups is 1. The van der Waals surface area contributed by atoms with Crippen LogP contribution in [0.3, 0.4) is 0 Å². The molecule has 3 aromatic rings. The van der Waals surface area contributed by atoms with Crippen molar-refractivity contribution in [1.82, 2.24) is 14.7 Å². The van der Waals surface area contributed by atoms with Crippen LogP contribution in [0.2, 0.25) is 0 Å². The molecule has 2 aromatic carbocycles. The van der Waals surface area contributed by atoms with Crippen molar-refractivity contribution in [3.8, 4) is 22.8 Å². The van der Waals surface area contributed by atoms with Crippen LogP contribution in [0.4, 0.5) is 5.69 Å². The van der Waals surface area contributed by atoms with Gasteiger partial charge in [-0.25, -0.2) is 0 Å². The number of rotatable bonds is 5. The third-order valence-electron chi connectivity index (χ3n) is 5.49. The van der Waals surface area contributed by atoms with Crippen LogP contribution in [0, 0.1) is 0 Å². The highest BCUT2D eigenvalue weighted by Crippen LogP contribution is 2.24. The highest BCUT2D eigenvalue weighted by Gasteiger charge is 2.25. The van der Waals surface area contributed by atoms with Crippen LogP contribution < -0.4 is 14.4 Å². The first kappa shape index (κ1) is 19.8. The van der Waals surface area contributed by atoms with E-state index in [0.717, 1.165) is 41.5 Å². The van der Waals surface area contributed by atoms with Gasteiger partial charge in [-0.2, -0.15) is 5.10 Å². The quantitative estimate of drug-likeness (QED) is 0.652. The number of anilines is 1. The van der Waals surface area contributed by atoms with E-state index in [1.54, 1.807) is 18.9 Å². The van der Waals surface area contributed by atoms with Gasteiger partial charge in [0, 0.05) is 44.5 Å². The molecule has 1 aliphatic heterocycles. The molecule has 2 heterocycles. The number of piperazine rings is 1. The molecule has 0 aliphatic carbocycles. The number of hydrogen-bond acceptors (Lipinski definition) is 5. The summed E-state index contributed by atoms with van der Waals surface area (Å²) in [4.78, 5) is 17.3. The highest BCUT2D eigenvalue weighted by molar-refractivity contribution is 5.94. The van der Waals surface area contributed by atoms with Gasteiger partial charge in [-0.05, 0) is 54.6 Å². The smallest absolute Gasteiger partial charge is 0.272 e. The fourth-order valence-electron chi connectivity index (χ4n) is 3.69. The molecule has 156 valence electrons. The Kier molecular flexibility index (Phi) is 5.61. The number of nitrogens with zero attached hydrogens (tertiary/aromatic N) is 4. The summed E-state index contributed by atoms with van der Waals surface area (Å²) < 4.78 is 12.1. The molecule has 1 amide bonds. The number of aryl methyl sites for hydroxylation is 1. The number of benzene rings is 2. The third-order valence-corrected chi connectivity index (χ3v) is 5.49. The minimum Gasteiger partial charge on any atom is -0.497 e. The lowest BCUT2D eigenvalue weighted by Gasteiger charge is -2.36. The summed E-state index contributed by atoms with van der Waals surface area (Å²) in [6.07, 6.45) is 0. The molecule has 0 radical (unpaired) electrons. The highest BCUT2D eigenvalue weighted by atomic mass is 16.5. The first-order chi connectivity index (χ1) is 14.6. The molecular weight excluding hydrogens is 380 g/mol. The Bertz CT molecular complexity index is 1000. The van der Waals surface area contributed by atoms with E-state index in [-0.39, 0.29) is 5.91 Å². The Hall–Kier alpha value is -3.48. The first-order valence-electron chi connectivity index (χ1n) is 9.96. The second-order valence-electron chi connectivity index (χ2n) is 7.24. The van der Waals surface area contributed by atoms with Gasteiger partial charge in [-0.1, -0.05) is 0 Å². The molecule has 7 nitrogen and oxygen atoms in total. The summed E-state index contributed by atoms with van der Waals surface area (Å²) in [6.45, 7) is 2.93. The Labute approximate surface area is 176 Å². The van der Waals surface area contributed by atoms with Crippen molar-refractivity contribution in [2.45, 2.75) is 0 Å². The van der Waals surface area contributed by atoms with Gasteiger partial charge in [0.05, 0.1) is 19.9 Å². The second-order valence-corrected chi connectivity index (χ2v) is 7.24. The van der Waals surface area contributed by atoms with Crippen molar-refractivity contribution in [3.63, 3.8) is 0 Å². The van der Waals surface area contributed by atoms with Crippen molar-refractivity contribution >= 4 is 11.6 Å². The standard InChI is InChI=1S/C23H26N4O3/c1-25-22(16-21(24-25)17-4-8-19(29-2)9-5-17)23(28)27-14-12-26(13-15-27)18-6-10-20(30-3)11-7-18/h4-11,16H,12-15H2,1-3H3. The van der Waals surface area contributed by atoms with Gasteiger partial charge in [0.25, 0.3) is 5.91 Å². The predicted molar refractivity (Wildman–Crippen MR) is 116 cm³/mol. The Morgan fingerprint density at radius 2 is 1.43 bits per heavy atom. The largest absolute Gasteiger partial charge is 0.497 e. The maximum Gasteiger partial charge on any atom is 0.272 e. The fraction of sp³-hybridized carbons (Fsp3) is 0.304. The van der Waals surface area contributed by atoms with Crippen molar-refractivity contribution in [2.75, 3.05) is 45.3 Å². The maximum atomic E-state index is 13.1. The van der Waals surface area contributed by atoms with Gasteiger partial charge in [0.1, 0.15) is 17.2 Å². The van der Waals surface area contributed by atoms with Crippen LogP contribution in [0.25, 0.3) is 11.3 Å². The zero-order chi connectivity index (χ0) is 21.1. The van der Waals surface area contributed by atoms with Crippen molar-refractivity contribution in [2.24, 2.45) is 7.05 Å². The lowest BCUT2D eigenvalue weighted by Crippen LogP contribution is -2.49. The molecule has 0 unspecified atom stereocenters. The molecule has 0 N–H and O–H groups in total. The molecule has 0 bridgehead atoms.